The third kappa shape index (κ3) is 5.14. The Kier molecular flexibility index (Phi) is 5.97. The summed E-state index contributed by atoms with van der Waals surface area (Å²) in [6.45, 7) is 2.85. The van der Waals surface area contributed by atoms with Gasteiger partial charge >= 0.3 is 0 Å². The van der Waals surface area contributed by atoms with Crippen molar-refractivity contribution in [2.45, 2.75) is 11.8 Å². The summed E-state index contributed by atoms with van der Waals surface area (Å²) in [6.07, 6.45) is 1.14. The van der Waals surface area contributed by atoms with Crippen LogP contribution in [0.4, 0.5) is 5.69 Å². The molecule has 1 fully saturated rings. The van der Waals surface area contributed by atoms with Crippen LogP contribution in [0.5, 0.6) is 0 Å². The molecular formula is C19H23N3O5S2. The SMILES string of the molecule is Cc1ccc(NS(=O)(=O)c2cccc(C(=O)N3CCN(S(C)(=O)=O)CC3)c2)cc1. The summed E-state index contributed by atoms with van der Waals surface area (Å²) in [6, 6.07) is 12.8. The predicted octanol–water partition coefficient (Wildman–Crippen LogP) is 1.51. The average molecular weight is 438 g/mol. The third-order valence-corrected chi connectivity index (χ3v) is 7.37. The molecule has 1 saturated heterocycles. The number of nitrogens with zero attached hydrogens (tertiary/aromatic N) is 2. The van der Waals surface area contributed by atoms with E-state index < -0.39 is 20.0 Å². The Labute approximate surface area is 171 Å². The molecule has 1 amide bonds. The van der Waals surface area contributed by atoms with Gasteiger partial charge in [0.2, 0.25) is 10.0 Å². The van der Waals surface area contributed by atoms with Gasteiger partial charge in [-0.1, -0.05) is 23.8 Å². The number of benzene rings is 2. The van der Waals surface area contributed by atoms with E-state index in [1.54, 1.807) is 30.3 Å². The van der Waals surface area contributed by atoms with Gasteiger partial charge in [0.15, 0.2) is 0 Å². The highest BCUT2D eigenvalue weighted by Gasteiger charge is 2.27. The second-order valence-corrected chi connectivity index (χ2v) is 10.6. The number of anilines is 1. The Bertz CT molecular complexity index is 1100. The molecule has 0 unspecified atom stereocenters. The van der Waals surface area contributed by atoms with Gasteiger partial charge in [0.25, 0.3) is 15.9 Å². The molecular weight excluding hydrogens is 414 g/mol. The van der Waals surface area contributed by atoms with Gasteiger partial charge in [0.05, 0.1) is 11.2 Å². The van der Waals surface area contributed by atoms with Gasteiger partial charge in [-0.15, -0.1) is 0 Å². The summed E-state index contributed by atoms with van der Waals surface area (Å²) >= 11 is 0. The van der Waals surface area contributed by atoms with E-state index >= 15 is 0 Å². The Balaban J connectivity index is 1.75. The van der Waals surface area contributed by atoms with Crippen LogP contribution in [0.1, 0.15) is 15.9 Å². The van der Waals surface area contributed by atoms with Crippen LogP contribution in [-0.2, 0) is 20.0 Å². The molecule has 0 spiro atoms. The second kappa shape index (κ2) is 8.13. The van der Waals surface area contributed by atoms with Crippen molar-refractivity contribution in [2.24, 2.45) is 0 Å². The zero-order chi connectivity index (χ0) is 21.2. The lowest BCUT2D eigenvalue weighted by atomic mass is 10.2. The number of aryl methyl sites for hydroxylation is 1. The van der Waals surface area contributed by atoms with Crippen molar-refractivity contribution in [1.82, 2.24) is 9.21 Å². The quantitative estimate of drug-likeness (QED) is 0.764. The molecule has 29 heavy (non-hydrogen) atoms. The lowest BCUT2D eigenvalue weighted by Gasteiger charge is -2.33. The minimum absolute atomic E-state index is 0.0151. The molecule has 3 rings (SSSR count). The van der Waals surface area contributed by atoms with E-state index in [-0.39, 0.29) is 42.5 Å². The van der Waals surface area contributed by atoms with Gasteiger partial charge in [-0.05, 0) is 37.3 Å². The predicted molar refractivity (Wildman–Crippen MR) is 111 cm³/mol. The first-order chi connectivity index (χ1) is 13.6. The number of hydrogen-bond acceptors (Lipinski definition) is 5. The molecule has 10 heteroatoms. The fraction of sp³-hybridized carbons (Fsp3) is 0.316. The summed E-state index contributed by atoms with van der Waals surface area (Å²) in [5, 5.41) is 0. The molecule has 2 aromatic carbocycles. The minimum atomic E-state index is -3.85. The van der Waals surface area contributed by atoms with Gasteiger partial charge < -0.3 is 4.90 Å². The first-order valence-corrected chi connectivity index (χ1v) is 12.3. The van der Waals surface area contributed by atoms with Gasteiger partial charge in [-0.2, -0.15) is 4.31 Å². The highest BCUT2D eigenvalue weighted by molar-refractivity contribution is 7.92. The molecule has 0 bridgehead atoms. The van der Waals surface area contributed by atoms with Crippen LogP contribution in [0.2, 0.25) is 0 Å². The first kappa shape index (κ1) is 21.3. The molecule has 0 aromatic heterocycles. The number of piperazine rings is 1. The van der Waals surface area contributed by atoms with E-state index in [0.717, 1.165) is 11.8 Å². The molecule has 1 aliphatic heterocycles. The van der Waals surface area contributed by atoms with Crippen LogP contribution in [0.3, 0.4) is 0 Å². The standard InChI is InChI=1S/C19H23N3O5S2/c1-15-6-8-17(9-7-15)20-29(26,27)18-5-3-4-16(14-18)19(23)21-10-12-22(13-11-21)28(2,24)25/h3-9,14,20H,10-13H2,1-2H3. The molecule has 0 radical (unpaired) electrons. The molecule has 0 atom stereocenters. The smallest absolute Gasteiger partial charge is 0.261 e. The van der Waals surface area contributed by atoms with Crippen LogP contribution < -0.4 is 4.72 Å². The molecule has 2 aromatic rings. The van der Waals surface area contributed by atoms with Gasteiger partial charge in [0, 0.05) is 37.4 Å². The summed E-state index contributed by atoms with van der Waals surface area (Å²) in [5.41, 5.74) is 1.69. The van der Waals surface area contributed by atoms with Crippen LogP contribution in [-0.4, -0.2) is 64.4 Å². The summed E-state index contributed by atoms with van der Waals surface area (Å²) < 4.78 is 52.4. The summed E-state index contributed by atoms with van der Waals surface area (Å²) in [4.78, 5) is 14.3. The summed E-state index contributed by atoms with van der Waals surface area (Å²) in [7, 11) is -7.14. The summed E-state index contributed by atoms with van der Waals surface area (Å²) in [5.74, 6) is -0.328. The number of carbonyl (C=O) groups excluding carboxylic acids is 1. The number of hydrogen-bond donors (Lipinski definition) is 1. The minimum Gasteiger partial charge on any atom is -0.336 e. The lowest BCUT2D eigenvalue weighted by Crippen LogP contribution is -2.50. The average Bonchev–Trinajstić information content (AvgIpc) is 2.68. The maximum absolute atomic E-state index is 12.8. The van der Waals surface area contributed by atoms with Gasteiger partial charge in [-0.3, -0.25) is 9.52 Å². The maximum Gasteiger partial charge on any atom is 0.261 e. The highest BCUT2D eigenvalue weighted by atomic mass is 32.2. The largest absolute Gasteiger partial charge is 0.336 e. The third-order valence-electron chi connectivity index (χ3n) is 4.69. The van der Waals surface area contributed by atoms with E-state index in [0.29, 0.717) is 5.69 Å². The Morgan fingerprint density at radius 3 is 2.14 bits per heavy atom. The Hall–Kier alpha value is -2.43. The first-order valence-electron chi connectivity index (χ1n) is 9.00. The van der Waals surface area contributed by atoms with Gasteiger partial charge in [-0.25, -0.2) is 16.8 Å². The van der Waals surface area contributed by atoms with E-state index in [9.17, 15) is 21.6 Å². The van der Waals surface area contributed by atoms with E-state index in [4.69, 9.17) is 0 Å². The number of carbonyl (C=O) groups is 1. The zero-order valence-corrected chi connectivity index (χ0v) is 17.8. The van der Waals surface area contributed by atoms with Crippen LogP contribution in [0, 0.1) is 6.92 Å². The lowest BCUT2D eigenvalue weighted by molar-refractivity contribution is 0.0698. The number of amides is 1. The Morgan fingerprint density at radius 2 is 1.55 bits per heavy atom. The van der Waals surface area contributed by atoms with Crippen molar-refractivity contribution in [3.63, 3.8) is 0 Å². The highest BCUT2D eigenvalue weighted by Crippen LogP contribution is 2.19. The van der Waals surface area contributed by atoms with E-state index in [1.165, 1.54) is 27.4 Å². The molecule has 156 valence electrons. The molecule has 1 heterocycles. The maximum atomic E-state index is 12.8. The molecule has 0 saturated carbocycles. The van der Waals surface area contributed by atoms with Crippen molar-refractivity contribution in [1.29, 1.82) is 0 Å². The van der Waals surface area contributed by atoms with Crippen molar-refractivity contribution in [3.05, 3.63) is 59.7 Å². The second-order valence-electron chi connectivity index (χ2n) is 6.95. The molecule has 8 nitrogen and oxygen atoms in total. The van der Waals surface area contributed by atoms with Crippen molar-refractivity contribution in [2.75, 3.05) is 37.2 Å². The van der Waals surface area contributed by atoms with Crippen molar-refractivity contribution in [3.8, 4) is 0 Å². The molecule has 1 N–H and O–H groups in total. The fourth-order valence-corrected chi connectivity index (χ4v) is 4.97. The molecule has 1 aliphatic rings. The van der Waals surface area contributed by atoms with Crippen LogP contribution in [0.15, 0.2) is 53.4 Å². The van der Waals surface area contributed by atoms with E-state index in [1.807, 2.05) is 6.92 Å². The van der Waals surface area contributed by atoms with Gasteiger partial charge in [0.1, 0.15) is 0 Å². The normalized spacial score (nSPS) is 15.9. The van der Waals surface area contributed by atoms with Crippen molar-refractivity contribution < 1.29 is 21.6 Å². The zero-order valence-electron chi connectivity index (χ0n) is 16.2. The molecule has 0 aliphatic carbocycles. The topological polar surface area (TPSA) is 104 Å². The number of nitrogens with one attached hydrogen (secondary N) is 1. The number of rotatable bonds is 5. The van der Waals surface area contributed by atoms with Crippen molar-refractivity contribution >= 4 is 31.6 Å². The fourth-order valence-electron chi connectivity index (χ4n) is 3.04. The Morgan fingerprint density at radius 1 is 0.931 bits per heavy atom. The van der Waals surface area contributed by atoms with Crippen LogP contribution >= 0.6 is 0 Å². The monoisotopic (exact) mass is 437 g/mol. The van der Waals surface area contributed by atoms with Crippen LogP contribution in [0.25, 0.3) is 0 Å². The number of sulfonamides is 2. The van der Waals surface area contributed by atoms with E-state index in [2.05, 4.69) is 4.72 Å².